The molecule has 5 heteroatoms. The van der Waals surface area contributed by atoms with Gasteiger partial charge in [0.15, 0.2) is 0 Å². The summed E-state index contributed by atoms with van der Waals surface area (Å²) in [6, 6.07) is 0.412. The van der Waals surface area contributed by atoms with Crippen molar-refractivity contribution in [2.24, 2.45) is 5.92 Å². The third kappa shape index (κ3) is 5.23. The molecule has 2 rings (SSSR count). The quantitative estimate of drug-likeness (QED) is 0.798. The summed E-state index contributed by atoms with van der Waals surface area (Å²) in [4.78, 5) is 11.7. The summed E-state index contributed by atoms with van der Waals surface area (Å²) in [6.07, 6.45) is 5.16. The molecule has 0 radical (unpaired) electrons. The van der Waals surface area contributed by atoms with Gasteiger partial charge in [0.2, 0.25) is 5.91 Å². The number of rotatable bonds is 4. The minimum absolute atomic E-state index is 0. The maximum Gasteiger partial charge on any atom is 0.221 e. The predicted octanol–water partition coefficient (Wildman–Crippen LogP) is 1.09. The van der Waals surface area contributed by atoms with E-state index in [2.05, 4.69) is 10.6 Å². The SMILES string of the molecule is Cl.O=C(CC1CCCN1)NCC1CCOCC1. The normalized spacial score (nSPS) is 25.3. The minimum Gasteiger partial charge on any atom is -0.381 e. The van der Waals surface area contributed by atoms with Gasteiger partial charge in [-0.15, -0.1) is 12.4 Å². The minimum atomic E-state index is 0. The van der Waals surface area contributed by atoms with E-state index in [-0.39, 0.29) is 18.3 Å². The van der Waals surface area contributed by atoms with Crippen molar-refractivity contribution in [1.82, 2.24) is 10.6 Å². The highest BCUT2D eigenvalue weighted by atomic mass is 35.5. The third-order valence-electron chi connectivity index (χ3n) is 3.52. The maximum absolute atomic E-state index is 11.7. The van der Waals surface area contributed by atoms with Crippen molar-refractivity contribution < 1.29 is 9.53 Å². The van der Waals surface area contributed by atoms with E-state index in [1.54, 1.807) is 0 Å². The van der Waals surface area contributed by atoms with Crippen molar-refractivity contribution in [3.05, 3.63) is 0 Å². The second-order valence-corrected chi connectivity index (χ2v) is 4.86. The highest BCUT2D eigenvalue weighted by molar-refractivity contribution is 5.85. The molecule has 1 unspecified atom stereocenters. The van der Waals surface area contributed by atoms with Gasteiger partial charge in [0, 0.05) is 32.2 Å². The predicted molar refractivity (Wildman–Crippen MR) is 69.4 cm³/mol. The van der Waals surface area contributed by atoms with Gasteiger partial charge in [-0.05, 0) is 38.1 Å². The van der Waals surface area contributed by atoms with Gasteiger partial charge in [0.25, 0.3) is 0 Å². The van der Waals surface area contributed by atoms with Crippen LogP contribution in [-0.4, -0.2) is 38.3 Å². The first-order valence-electron chi connectivity index (χ1n) is 6.42. The van der Waals surface area contributed by atoms with E-state index >= 15 is 0 Å². The van der Waals surface area contributed by atoms with Gasteiger partial charge < -0.3 is 15.4 Å². The van der Waals surface area contributed by atoms with Crippen LogP contribution in [0.1, 0.15) is 32.1 Å². The Hall–Kier alpha value is -0.320. The molecule has 1 atom stereocenters. The lowest BCUT2D eigenvalue weighted by Crippen LogP contribution is -2.35. The molecule has 0 aromatic rings. The molecule has 2 aliphatic heterocycles. The first-order chi connectivity index (χ1) is 7.84. The molecule has 0 aliphatic carbocycles. The zero-order chi connectivity index (χ0) is 11.2. The number of carbonyl (C=O) groups excluding carboxylic acids is 1. The van der Waals surface area contributed by atoms with Crippen molar-refractivity contribution in [2.75, 3.05) is 26.3 Å². The van der Waals surface area contributed by atoms with Gasteiger partial charge in [-0.2, -0.15) is 0 Å². The Balaban J connectivity index is 0.00000144. The average Bonchev–Trinajstić information content (AvgIpc) is 2.81. The van der Waals surface area contributed by atoms with Crippen LogP contribution < -0.4 is 10.6 Å². The van der Waals surface area contributed by atoms with Crippen molar-refractivity contribution in [1.29, 1.82) is 0 Å². The van der Waals surface area contributed by atoms with Gasteiger partial charge in [-0.1, -0.05) is 0 Å². The molecule has 1 amide bonds. The van der Waals surface area contributed by atoms with E-state index in [0.717, 1.165) is 45.6 Å². The first kappa shape index (κ1) is 14.7. The van der Waals surface area contributed by atoms with E-state index < -0.39 is 0 Å². The van der Waals surface area contributed by atoms with Crippen LogP contribution in [0.2, 0.25) is 0 Å². The largest absolute Gasteiger partial charge is 0.381 e. The molecular formula is C12H23ClN2O2. The molecular weight excluding hydrogens is 240 g/mol. The topological polar surface area (TPSA) is 50.4 Å². The van der Waals surface area contributed by atoms with Crippen LogP contribution in [0.5, 0.6) is 0 Å². The van der Waals surface area contributed by atoms with Gasteiger partial charge in [0.05, 0.1) is 0 Å². The molecule has 0 spiro atoms. The fourth-order valence-corrected chi connectivity index (χ4v) is 2.44. The summed E-state index contributed by atoms with van der Waals surface area (Å²) in [6.45, 7) is 3.60. The monoisotopic (exact) mass is 262 g/mol. The first-order valence-corrected chi connectivity index (χ1v) is 6.42. The summed E-state index contributed by atoms with van der Waals surface area (Å²) in [7, 11) is 0. The number of halogens is 1. The molecule has 100 valence electrons. The summed E-state index contributed by atoms with van der Waals surface area (Å²) in [5, 5.41) is 6.39. The molecule has 17 heavy (non-hydrogen) atoms. The fourth-order valence-electron chi connectivity index (χ4n) is 2.44. The Morgan fingerprint density at radius 2 is 2.06 bits per heavy atom. The molecule has 2 saturated heterocycles. The second-order valence-electron chi connectivity index (χ2n) is 4.86. The second kappa shape index (κ2) is 7.90. The van der Waals surface area contributed by atoms with Crippen LogP contribution >= 0.6 is 12.4 Å². The highest BCUT2D eigenvalue weighted by Crippen LogP contribution is 2.13. The Morgan fingerprint density at radius 3 is 2.71 bits per heavy atom. The number of amides is 1. The average molecular weight is 263 g/mol. The van der Waals surface area contributed by atoms with Crippen LogP contribution in [-0.2, 0) is 9.53 Å². The Bertz CT molecular complexity index is 227. The Morgan fingerprint density at radius 1 is 1.29 bits per heavy atom. The molecule has 2 N–H and O–H groups in total. The molecule has 0 aromatic carbocycles. The zero-order valence-electron chi connectivity index (χ0n) is 10.2. The van der Waals surface area contributed by atoms with Crippen LogP contribution in [0.25, 0.3) is 0 Å². The zero-order valence-corrected chi connectivity index (χ0v) is 11.1. The smallest absolute Gasteiger partial charge is 0.221 e. The van der Waals surface area contributed by atoms with E-state index in [0.29, 0.717) is 18.4 Å². The molecule has 4 nitrogen and oxygen atoms in total. The van der Waals surface area contributed by atoms with E-state index in [9.17, 15) is 4.79 Å². The number of ether oxygens (including phenoxy) is 1. The van der Waals surface area contributed by atoms with E-state index in [1.165, 1.54) is 6.42 Å². The van der Waals surface area contributed by atoms with Gasteiger partial charge in [0.1, 0.15) is 0 Å². The van der Waals surface area contributed by atoms with Gasteiger partial charge >= 0.3 is 0 Å². The summed E-state index contributed by atoms with van der Waals surface area (Å²) in [5.74, 6) is 0.820. The van der Waals surface area contributed by atoms with E-state index in [4.69, 9.17) is 4.74 Å². The Kier molecular flexibility index (Phi) is 6.85. The molecule has 2 fully saturated rings. The fraction of sp³-hybridized carbons (Fsp3) is 0.917. The lowest BCUT2D eigenvalue weighted by Gasteiger charge is -2.22. The summed E-state index contributed by atoms with van der Waals surface area (Å²) >= 11 is 0. The van der Waals surface area contributed by atoms with Crippen molar-refractivity contribution in [3.63, 3.8) is 0 Å². The molecule has 0 bridgehead atoms. The number of hydrogen-bond acceptors (Lipinski definition) is 3. The third-order valence-corrected chi connectivity index (χ3v) is 3.52. The maximum atomic E-state index is 11.7. The van der Waals surface area contributed by atoms with Crippen LogP contribution in [0, 0.1) is 5.92 Å². The van der Waals surface area contributed by atoms with Crippen molar-refractivity contribution in [3.8, 4) is 0 Å². The lowest BCUT2D eigenvalue weighted by atomic mass is 10.0. The van der Waals surface area contributed by atoms with Crippen molar-refractivity contribution in [2.45, 2.75) is 38.1 Å². The van der Waals surface area contributed by atoms with Crippen molar-refractivity contribution >= 4 is 18.3 Å². The molecule has 0 aromatic heterocycles. The van der Waals surface area contributed by atoms with Gasteiger partial charge in [-0.25, -0.2) is 0 Å². The Labute approximate surface area is 109 Å². The number of hydrogen-bond donors (Lipinski definition) is 2. The van der Waals surface area contributed by atoms with Gasteiger partial charge in [-0.3, -0.25) is 4.79 Å². The summed E-state index contributed by atoms with van der Waals surface area (Å²) < 4.78 is 5.29. The highest BCUT2D eigenvalue weighted by Gasteiger charge is 2.19. The van der Waals surface area contributed by atoms with Crippen LogP contribution in [0.3, 0.4) is 0 Å². The number of nitrogens with one attached hydrogen (secondary N) is 2. The summed E-state index contributed by atoms with van der Waals surface area (Å²) in [5.41, 5.74) is 0. The standard InChI is InChI=1S/C12H22N2O2.ClH/c15-12(8-11-2-1-5-13-11)14-9-10-3-6-16-7-4-10;/h10-11,13H,1-9H2,(H,14,15);1H. The molecule has 2 heterocycles. The lowest BCUT2D eigenvalue weighted by molar-refractivity contribution is -0.121. The molecule has 2 aliphatic rings. The van der Waals surface area contributed by atoms with Crippen LogP contribution in [0.15, 0.2) is 0 Å². The van der Waals surface area contributed by atoms with Crippen LogP contribution in [0.4, 0.5) is 0 Å². The van der Waals surface area contributed by atoms with E-state index in [1.807, 2.05) is 0 Å². The number of carbonyl (C=O) groups is 1. The molecule has 0 saturated carbocycles.